The lowest BCUT2D eigenvalue weighted by Gasteiger charge is -2.50. The van der Waals surface area contributed by atoms with Gasteiger partial charge < -0.3 is 19.9 Å². The van der Waals surface area contributed by atoms with Crippen LogP contribution >= 0.6 is 0 Å². The SMILES string of the molecule is O=C(COc1ccc(F)cc1)NC1CCOC2(C1)CC(C(=O)O)C2. The number of amides is 1. The topological polar surface area (TPSA) is 84.9 Å². The van der Waals surface area contributed by atoms with Crippen molar-refractivity contribution in [3.05, 3.63) is 30.1 Å². The van der Waals surface area contributed by atoms with E-state index < -0.39 is 11.6 Å². The molecule has 1 aromatic carbocycles. The minimum absolute atomic E-state index is 0.0437. The summed E-state index contributed by atoms with van der Waals surface area (Å²) in [6.45, 7) is 0.365. The minimum atomic E-state index is -0.789. The van der Waals surface area contributed by atoms with Crippen LogP contribution in [0.2, 0.25) is 0 Å². The first-order valence-corrected chi connectivity index (χ1v) is 8.00. The zero-order chi connectivity index (χ0) is 17.2. The Morgan fingerprint density at radius 2 is 2.00 bits per heavy atom. The van der Waals surface area contributed by atoms with Gasteiger partial charge in [0.2, 0.25) is 0 Å². The molecule has 1 spiro atoms. The molecule has 2 fully saturated rings. The van der Waals surface area contributed by atoms with Gasteiger partial charge in [-0.3, -0.25) is 9.59 Å². The number of aliphatic carboxylic acids is 1. The van der Waals surface area contributed by atoms with Crippen LogP contribution in [0.3, 0.4) is 0 Å². The Morgan fingerprint density at radius 1 is 1.29 bits per heavy atom. The van der Waals surface area contributed by atoms with E-state index >= 15 is 0 Å². The van der Waals surface area contributed by atoms with Gasteiger partial charge in [-0.05, 0) is 49.9 Å². The van der Waals surface area contributed by atoms with Crippen molar-refractivity contribution in [2.24, 2.45) is 5.92 Å². The Morgan fingerprint density at radius 3 is 2.67 bits per heavy atom. The molecule has 1 aromatic rings. The molecule has 7 heteroatoms. The van der Waals surface area contributed by atoms with Crippen molar-refractivity contribution in [3.8, 4) is 5.75 Å². The average molecular weight is 337 g/mol. The lowest BCUT2D eigenvalue weighted by atomic mass is 9.66. The molecule has 1 saturated carbocycles. The first-order chi connectivity index (χ1) is 11.5. The lowest BCUT2D eigenvalue weighted by molar-refractivity contribution is -0.182. The number of rotatable bonds is 5. The fourth-order valence-corrected chi connectivity index (χ4v) is 3.40. The summed E-state index contributed by atoms with van der Waals surface area (Å²) in [6, 6.07) is 5.42. The Kier molecular flexibility index (Phi) is 4.71. The van der Waals surface area contributed by atoms with Gasteiger partial charge in [0.25, 0.3) is 5.91 Å². The zero-order valence-corrected chi connectivity index (χ0v) is 13.2. The van der Waals surface area contributed by atoms with Crippen LogP contribution in [-0.2, 0) is 14.3 Å². The van der Waals surface area contributed by atoms with E-state index in [2.05, 4.69) is 5.32 Å². The molecule has 0 bridgehead atoms. The molecule has 1 heterocycles. The summed E-state index contributed by atoms with van der Waals surface area (Å²) < 4.78 is 23.9. The summed E-state index contributed by atoms with van der Waals surface area (Å²) in [4.78, 5) is 22.9. The highest BCUT2D eigenvalue weighted by Gasteiger charge is 2.51. The summed E-state index contributed by atoms with van der Waals surface area (Å²) >= 11 is 0. The van der Waals surface area contributed by atoms with Crippen LogP contribution < -0.4 is 10.1 Å². The minimum Gasteiger partial charge on any atom is -0.484 e. The second-order valence-corrected chi connectivity index (χ2v) is 6.47. The Labute approximate surface area is 138 Å². The van der Waals surface area contributed by atoms with Crippen LogP contribution in [0.4, 0.5) is 4.39 Å². The number of hydrogen-bond donors (Lipinski definition) is 2. The van der Waals surface area contributed by atoms with Crippen LogP contribution in [0, 0.1) is 11.7 Å². The standard InChI is InChI=1S/C17H20FNO5/c18-12-1-3-14(4-2-12)23-10-15(20)19-13-5-6-24-17(9-13)7-11(8-17)16(21)22/h1-4,11,13H,5-10H2,(H,19,20)(H,21,22). The number of ether oxygens (including phenoxy) is 2. The number of nitrogens with one attached hydrogen (secondary N) is 1. The first-order valence-electron chi connectivity index (χ1n) is 8.00. The number of halogens is 1. The zero-order valence-electron chi connectivity index (χ0n) is 13.2. The van der Waals surface area contributed by atoms with E-state index in [1.807, 2.05) is 0 Å². The molecular formula is C17H20FNO5. The fourth-order valence-electron chi connectivity index (χ4n) is 3.40. The normalized spacial score (nSPS) is 28.9. The fraction of sp³-hybridized carbons (Fsp3) is 0.529. The second kappa shape index (κ2) is 6.76. The molecule has 1 aliphatic carbocycles. The quantitative estimate of drug-likeness (QED) is 0.855. The summed E-state index contributed by atoms with van der Waals surface area (Å²) in [6.07, 6.45) is 2.32. The molecular weight excluding hydrogens is 317 g/mol. The smallest absolute Gasteiger partial charge is 0.306 e. The van der Waals surface area contributed by atoms with E-state index in [0.29, 0.717) is 38.0 Å². The first kappa shape index (κ1) is 16.7. The maximum Gasteiger partial charge on any atom is 0.306 e. The van der Waals surface area contributed by atoms with Crippen molar-refractivity contribution in [2.75, 3.05) is 13.2 Å². The molecule has 2 N–H and O–H groups in total. The van der Waals surface area contributed by atoms with E-state index in [1.165, 1.54) is 24.3 Å². The predicted octanol–water partition coefficient (Wildman–Crippen LogP) is 1.73. The Bertz CT molecular complexity index is 612. The highest BCUT2D eigenvalue weighted by Crippen LogP contribution is 2.46. The van der Waals surface area contributed by atoms with E-state index in [0.717, 1.165) is 0 Å². The molecule has 6 nitrogen and oxygen atoms in total. The van der Waals surface area contributed by atoms with Gasteiger partial charge in [-0.25, -0.2) is 4.39 Å². The number of hydrogen-bond acceptors (Lipinski definition) is 4. The number of benzene rings is 1. The molecule has 1 unspecified atom stereocenters. The molecule has 1 aliphatic heterocycles. The van der Waals surface area contributed by atoms with E-state index in [4.69, 9.17) is 14.6 Å². The molecule has 1 atom stereocenters. The molecule has 1 amide bonds. The van der Waals surface area contributed by atoms with Crippen LogP contribution in [0.15, 0.2) is 24.3 Å². The number of carbonyl (C=O) groups is 2. The number of carboxylic acids is 1. The van der Waals surface area contributed by atoms with Gasteiger partial charge in [0, 0.05) is 12.6 Å². The highest BCUT2D eigenvalue weighted by atomic mass is 19.1. The maximum atomic E-state index is 12.8. The lowest BCUT2D eigenvalue weighted by Crippen LogP contribution is -2.56. The molecule has 0 radical (unpaired) electrons. The van der Waals surface area contributed by atoms with Gasteiger partial charge in [-0.15, -0.1) is 0 Å². The number of carboxylic acid groups (broad SMARTS) is 1. The third-order valence-electron chi connectivity index (χ3n) is 4.63. The summed E-state index contributed by atoms with van der Waals surface area (Å²) in [7, 11) is 0. The highest BCUT2D eigenvalue weighted by molar-refractivity contribution is 5.78. The number of carbonyl (C=O) groups excluding carboxylic acids is 1. The Hall–Kier alpha value is -2.15. The van der Waals surface area contributed by atoms with Gasteiger partial charge in [0.05, 0.1) is 11.5 Å². The van der Waals surface area contributed by atoms with Gasteiger partial charge in [0.15, 0.2) is 6.61 Å². The van der Waals surface area contributed by atoms with Crippen LogP contribution in [0.25, 0.3) is 0 Å². The molecule has 130 valence electrons. The maximum absolute atomic E-state index is 12.8. The van der Waals surface area contributed by atoms with Crippen LogP contribution in [0.1, 0.15) is 25.7 Å². The van der Waals surface area contributed by atoms with Crippen LogP contribution in [-0.4, -0.2) is 41.8 Å². The van der Waals surface area contributed by atoms with Crippen molar-refractivity contribution in [2.45, 2.75) is 37.3 Å². The van der Waals surface area contributed by atoms with Crippen molar-refractivity contribution in [1.82, 2.24) is 5.32 Å². The van der Waals surface area contributed by atoms with Crippen molar-refractivity contribution in [1.29, 1.82) is 0 Å². The molecule has 3 rings (SSSR count). The molecule has 24 heavy (non-hydrogen) atoms. The van der Waals surface area contributed by atoms with Crippen molar-refractivity contribution < 1.29 is 28.6 Å². The summed E-state index contributed by atoms with van der Waals surface area (Å²) in [5, 5.41) is 11.9. The molecule has 2 aliphatic rings. The summed E-state index contributed by atoms with van der Waals surface area (Å²) in [5.41, 5.74) is -0.406. The summed E-state index contributed by atoms with van der Waals surface area (Å²) in [5.74, 6) is -1.32. The molecule has 0 aromatic heterocycles. The largest absolute Gasteiger partial charge is 0.484 e. The van der Waals surface area contributed by atoms with Gasteiger partial charge >= 0.3 is 5.97 Å². The van der Waals surface area contributed by atoms with E-state index in [1.54, 1.807) is 0 Å². The van der Waals surface area contributed by atoms with Crippen molar-refractivity contribution in [3.63, 3.8) is 0 Å². The molecule has 1 saturated heterocycles. The average Bonchev–Trinajstić information content (AvgIpc) is 2.52. The second-order valence-electron chi connectivity index (χ2n) is 6.47. The van der Waals surface area contributed by atoms with E-state index in [-0.39, 0.29) is 30.3 Å². The predicted molar refractivity (Wildman–Crippen MR) is 82.1 cm³/mol. The third-order valence-corrected chi connectivity index (χ3v) is 4.63. The van der Waals surface area contributed by atoms with Crippen molar-refractivity contribution >= 4 is 11.9 Å². The van der Waals surface area contributed by atoms with Gasteiger partial charge in [0.1, 0.15) is 11.6 Å². The van der Waals surface area contributed by atoms with Crippen LogP contribution in [0.5, 0.6) is 5.75 Å². The Balaban J connectivity index is 1.44. The van der Waals surface area contributed by atoms with Gasteiger partial charge in [-0.2, -0.15) is 0 Å². The van der Waals surface area contributed by atoms with E-state index in [9.17, 15) is 14.0 Å². The third kappa shape index (κ3) is 3.84. The van der Waals surface area contributed by atoms with Gasteiger partial charge in [-0.1, -0.05) is 0 Å². The monoisotopic (exact) mass is 337 g/mol.